The summed E-state index contributed by atoms with van der Waals surface area (Å²) in [6.07, 6.45) is 2.91. The first kappa shape index (κ1) is 22.7. The number of benzene rings is 2. The molecular weight excluding hydrogens is 392 g/mol. The predicted octanol–water partition coefficient (Wildman–Crippen LogP) is 3.73. The van der Waals surface area contributed by atoms with E-state index in [0.717, 1.165) is 38.0 Å². The van der Waals surface area contributed by atoms with Gasteiger partial charge in [0, 0.05) is 37.8 Å². The van der Waals surface area contributed by atoms with Gasteiger partial charge in [0.2, 0.25) is 0 Å². The Bertz CT molecular complexity index is 893. The highest BCUT2D eigenvalue weighted by Gasteiger charge is 2.24. The van der Waals surface area contributed by atoms with Crippen LogP contribution in [0.2, 0.25) is 0 Å². The molecule has 0 aliphatic carbocycles. The molecule has 0 radical (unpaired) electrons. The first-order valence-corrected chi connectivity index (χ1v) is 10.9. The summed E-state index contributed by atoms with van der Waals surface area (Å²) in [6, 6.07) is 14.9. The van der Waals surface area contributed by atoms with Crippen LogP contribution in [0.3, 0.4) is 0 Å². The molecule has 7 nitrogen and oxygen atoms in total. The number of anilines is 1. The quantitative estimate of drug-likeness (QED) is 0.516. The summed E-state index contributed by atoms with van der Waals surface area (Å²) in [5.74, 6) is 0.391. The number of carbonyl (C=O) groups is 1. The molecule has 31 heavy (non-hydrogen) atoms. The summed E-state index contributed by atoms with van der Waals surface area (Å²) in [4.78, 5) is 28.3. The lowest BCUT2D eigenvalue weighted by atomic mass is 9.97. The Morgan fingerprint density at radius 2 is 1.87 bits per heavy atom. The van der Waals surface area contributed by atoms with Crippen molar-refractivity contribution in [2.45, 2.75) is 32.2 Å². The molecule has 7 heteroatoms. The molecule has 0 spiro atoms. The van der Waals surface area contributed by atoms with Crippen LogP contribution in [0.4, 0.5) is 11.4 Å². The number of nitro benzene ring substituents is 1. The van der Waals surface area contributed by atoms with Gasteiger partial charge in [-0.2, -0.15) is 0 Å². The number of non-ortho nitro benzene ring substituents is 1. The number of nitrogens with zero attached hydrogens (tertiary/aromatic N) is 3. The number of nitrogens with one attached hydrogen (secondary N) is 1. The van der Waals surface area contributed by atoms with Crippen LogP contribution in [0.5, 0.6) is 0 Å². The molecule has 0 saturated carbocycles. The average molecular weight is 425 g/mol. The maximum absolute atomic E-state index is 13.1. The topological polar surface area (TPSA) is 78.7 Å². The highest BCUT2D eigenvalue weighted by Crippen LogP contribution is 2.29. The zero-order valence-electron chi connectivity index (χ0n) is 18.6. The maximum atomic E-state index is 13.1. The molecule has 1 aliphatic rings. The monoisotopic (exact) mass is 424 g/mol. The first-order valence-electron chi connectivity index (χ1n) is 10.9. The fraction of sp³-hybridized carbons (Fsp3) is 0.458. The van der Waals surface area contributed by atoms with Gasteiger partial charge in [0.25, 0.3) is 11.6 Å². The maximum Gasteiger partial charge on any atom is 0.270 e. The van der Waals surface area contributed by atoms with Crippen LogP contribution >= 0.6 is 0 Å². The molecule has 1 fully saturated rings. The van der Waals surface area contributed by atoms with E-state index in [2.05, 4.69) is 34.2 Å². The molecule has 1 atom stereocenters. The third kappa shape index (κ3) is 6.04. The fourth-order valence-corrected chi connectivity index (χ4v) is 3.97. The Labute approximate surface area is 184 Å². The van der Waals surface area contributed by atoms with E-state index >= 15 is 0 Å². The van der Waals surface area contributed by atoms with E-state index < -0.39 is 4.92 Å². The van der Waals surface area contributed by atoms with Gasteiger partial charge in [-0.3, -0.25) is 14.9 Å². The van der Waals surface area contributed by atoms with Crippen molar-refractivity contribution < 1.29 is 9.72 Å². The van der Waals surface area contributed by atoms with Gasteiger partial charge in [0.15, 0.2) is 0 Å². The Hall–Kier alpha value is -2.93. The van der Waals surface area contributed by atoms with E-state index in [1.165, 1.54) is 17.7 Å². The van der Waals surface area contributed by atoms with Crippen molar-refractivity contribution in [3.8, 4) is 0 Å². The van der Waals surface area contributed by atoms with Gasteiger partial charge in [-0.1, -0.05) is 37.3 Å². The molecule has 166 valence electrons. The minimum Gasteiger partial charge on any atom is -0.371 e. The van der Waals surface area contributed by atoms with E-state index in [-0.39, 0.29) is 17.6 Å². The minimum atomic E-state index is -0.448. The van der Waals surface area contributed by atoms with Gasteiger partial charge in [-0.25, -0.2) is 0 Å². The Kier molecular flexibility index (Phi) is 7.63. The normalized spacial score (nSPS) is 15.7. The zero-order chi connectivity index (χ0) is 22.4. The lowest BCUT2D eigenvalue weighted by Crippen LogP contribution is -2.42. The minimum absolute atomic E-state index is 0.0623. The van der Waals surface area contributed by atoms with Crippen molar-refractivity contribution in [2.75, 3.05) is 38.6 Å². The highest BCUT2D eigenvalue weighted by molar-refractivity contribution is 6.00. The van der Waals surface area contributed by atoms with Crippen LogP contribution in [-0.4, -0.2) is 55.5 Å². The summed E-state index contributed by atoms with van der Waals surface area (Å²) < 4.78 is 0. The Morgan fingerprint density at radius 1 is 1.19 bits per heavy atom. The summed E-state index contributed by atoms with van der Waals surface area (Å²) in [5.41, 5.74) is 2.29. The van der Waals surface area contributed by atoms with Gasteiger partial charge < -0.3 is 15.1 Å². The smallest absolute Gasteiger partial charge is 0.270 e. The second kappa shape index (κ2) is 10.4. The fourth-order valence-electron chi connectivity index (χ4n) is 3.97. The van der Waals surface area contributed by atoms with Crippen LogP contribution in [0.25, 0.3) is 0 Å². The van der Waals surface area contributed by atoms with E-state index in [1.807, 2.05) is 32.3 Å². The molecule has 1 heterocycles. The van der Waals surface area contributed by atoms with E-state index in [0.29, 0.717) is 18.0 Å². The Balaban J connectivity index is 1.76. The number of rotatable bonds is 8. The molecule has 1 amide bonds. The average Bonchev–Trinajstić information content (AvgIpc) is 2.77. The van der Waals surface area contributed by atoms with Crippen molar-refractivity contribution in [2.24, 2.45) is 5.92 Å². The Morgan fingerprint density at radius 3 is 2.48 bits per heavy atom. The van der Waals surface area contributed by atoms with Gasteiger partial charge in [-0.05, 0) is 50.9 Å². The number of carbonyl (C=O) groups excluding carboxylic acids is 1. The highest BCUT2D eigenvalue weighted by atomic mass is 16.6. The summed E-state index contributed by atoms with van der Waals surface area (Å²) in [5, 5.41) is 14.3. The van der Waals surface area contributed by atoms with Gasteiger partial charge in [0.1, 0.15) is 0 Å². The van der Waals surface area contributed by atoms with Crippen LogP contribution in [0.15, 0.2) is 48.5 Å². The molecule has 1 N–H and O–H groups in total. The van der Waals surface area contributed by atoms with E-state index in [9.17, 15) is 14.9 Å². The summed E-state index contributed by atoms with van der Waals surface area (Å²) in [6.45, 7) is 4.40. The number of hydrogen-bond donors (Lipinski definition) is 1. The number of amides is 1. The van der Waals surface area contributed by atoms with E-state index in [4.69, 9.17) is 0 Å². The molecule has 2 aromatic rings. The van der Waals surface area contributed by atoms with Crippen LogP contribution < -0.4 is 10.2 Å². The molecule has 1 aliphatic heterocycles. The number of piperidine rings is 1. The lowest BCUT2D eigenvalue weighted by molar-refractivity contribution is -0.384. The molecule has 1 saturated heterocycles. The van der Waals surface area contributed by atoms with Crippen molar-refractivity contribution >= 4 is 17.3 Å². The molecule has 1 unspecified atom stereocenters. The summed E-state index contributed by atoms with van der Waals surface area (Å²) >= 11 is 0. The lowest BCUT2D eigenvalue weighted by Gasteiger charge is -2.33. The third-order valence-corrected chi connectivity index (χ3v) is 6.10. The number of likely N-dealkylation sites (N-methyl/N-ethyl adjacent to an activating group) is 1. The van der Waals surface area contributed by atoms with Gasteiger partial charge >= 0.3 is 0 Å². The van der Waals surface area contributed by atoms with Crippen molar-refractivity contribution in [3.63, 3.8) is 0 Å². The zero-order valence-corrected chi connectivity index (χ0v) is 18.6. The second-order valence-corrected chi connectivity index (χ2v) is 8.65. The SMILES string of the molecule is CC1CCN(c2ccc([N+](=O)[O-])cc2C(=O)NCC(Cc2ccccc2)N(C)C)CC1. The van der Waals surface area contributed by atoms with E-state index in [1.54, 1.807) is 6.07 Å². The first-order chi connectivity index (χ1) is 14.8. The van der Waals surface area contributed by atoms with Crippen LogP contribution in [-0.2, 0) is 6.42 Å². The van der Waals surface area contributed by atoms with Crippen LogP contribution in [0.1, 0.15) is 35.7 Å². The molecule has 0 aromatic heterocycles. The molecular formula is C24H32N4O3. The largest absolute Gasteiger partial charge is 0.371 e. The van der Waals surface area contributed by atoms with Gasteiger partial charge in [-0.15, -0.1) is 0 Å². The van der Waals surface area contributed by atoms with Crippen molar-refractivity contribution in [1.29, 1.82) is 0 Å². The third-order valence-electron chi connectivity index (χ3n) is 6.10. The number of hydrogen-bond acceptors (Lipinski definition) is 5. The van der Waals surface area contributed by atoms with Crippen molar-refractivity contribution in [1.82, 2.24) is 10.2 Å². The van der Waals surface area contributed by atoms with Gasteiger partial charge in [0.05, 0.1) is 16.2 Å². The molecule has 3 rings (SSSR count). The predicted molar refractivity (Wildman–Crippen MR) is 124 cm³/mol. The number of nitro groups is 1. The molecule has 0 bridgehead atoms. The van der Waals surface area contributed by atoms with Crippen molar-refractivity contribution in [3.05, 3.63) is 69.8 Å². The van der Waals surface area contributed by atoms with Crippen LogP contribution in [0, 0.1) is 16.0 Å². The second-order valence-electron chi connectivity index (χ2n) is 8.65. The standard InChI is InChI=1S/C24H32N4O3/c1-18-11-13-27(14-12-18)23-10-9-20(28(30)31)16-22(23)24(29)25-17-21(26(2)3)15-19-7-5-4-6-8-19/h4-10,16,18,21H,11-15,17H2,1-3H3,(H,25,29). The molecule has 2 aromatic carbocycles. The summed E-state index contributed by atoms with van der Waals surface area (Å²) in [7, 11) is 3.99.